The van der Waals surface area contributed by atoms with Gasteiger partial charge in [0.1, 0.15) is 11.5 Å². The molecule has 0 saturated carbocycles. The fourth-order valence-electron chi connectivity index (χ4n) is 3.30. The summed E-state index contributed by atoms with van der Waals surface area (Å²) in [4.78, 5) is 12.7. The molecule has 0 unspecified atom stereocenters. The Morgan fingerprint density at radius 3 is 2.42 bits per heavy atom. The van der Waals surface area contributed by atoms with Crippen LogP contribution >= 0.6 is 15.9 Å². The van der Waals surface area contributed by atoms with Gasteiger partial charge in [0.2, 0.25) is 15.9 Å². The first-order chi connectivity index (χ1) is 14.8. The lowest BCUT2D eigenvalue weighted by molar-refractivity contribution is -0.126. The molecule has 3 rings (SSSR count). The number of benzene rings is 2. The van der Waals surface area contributed by atoms with Crippen LogP contribution in [-0.2, 0) is 14.8 Å². The predicted octanol–water partition coefficient (Wildman–Crippen LogP) is 3.02. The SMILES string of the molecule is COc1ccc(/C=N\NC(=O)C2CCN(S(=O)(=O)c3ccc(Br)cc3)CC2)c(OC)c1. The first kappa shape index (κ1) is 23.2. The number of methoxy groups -OCH3 is 2. The molecule has 31 heavy (non-hydrogen) atoms. The maximum Gasteiger partial charge on any atom is 0.243 e. The molecule has 0 aliphatic carbocycles. The lowest BCUT2D eigenvalue weighted by Crippen LogP contribution is -2.42. The molecule has 0 bridgehead atoms. The van der Waals surface area contributed by atoms with E-state index in [0.717, 1.165) is 4.47 Å². The zero-order valence-electron chi connectivity index (χ0n) is 17.2. The van der Waals surface area contributed by atoms with Crippen LogP contribution in [0.4, 0.5) is 0 Å². The van der Waals surface area contributed by atoms with Gasteiger partial charge in [-0.05, 0) is 49.2 Å². The van der Waals surface area contributed by atoms with Crippen molar-refractivity contribution in [1.29, 1.82) is 0 Å². The van der Waals surface area contributed by atoms with Crippen LogP contribution in [-0.4, -0.2) is 52.2 Å². The molecule has 166 valence electrons. The minimum Gasteiger partial charge on any atom is -0.497 e. The van der Waals surface area contributed by atoms with Gasteiger partial charge in [-0.3, -0.25) is 4.79 Å². The number of carbonyl (C=O) groups is 1. The number of hydrogen-bond donors (Lipinski definition) is 1. The third-order valence-electron chi connectivity index (χ3n) is 5.10. The topological polar surface area (TPSA) is 97.3 Å². The quantitative estimate of drug-likeness (QED) is 0.456. The number of amides is 1. The third-order valence-corrected chi connectivity index (χ3v) is 7.54. The molecule has 1 heterocycles. The van der Waals surface area contributed by atoms with Gasteiger partial charge >= 0.3 is 0 Å². The first-order valence-electron chi connectivity index (χ1n) is 9.66. The van der Waals surface area contributed by atoms with Gasteiger partial charge in [0.25, 0.3) is 0 Å². The number of carbonyl (C=O) groups excluding carboxylic acids is 1. The van der Waals surface area contributed by atoms with Gasteiger partial charge in [-0.15, -0.1) is 0 Å². The molecule has 1 aliphatic rings. The highest BCUT2D eigenvalue weighted by Crippen LogP contribution is 2.25. The fourth-order valence-corrected chi connectivity index (χ4v) is 5.03. The molecule has 8 nitrogen and oxygen atoms in total. The molecule has 1 saturated heterocycles. The van der Waals surface area contributed by atoms with Crippen LogP contribution in [0.5, 0.6) is 11.5 Å². The molecule has 2 aromatic carbocycles. The third kappa shape index (κ3) is 5.63. The molecular weight excluding hydrogens is 486 g/mol. The van der Waals surface area contributed by atoms with Gasteiger partial charge < -0.3 is 9.47 Å². The Hall–Kier alpha value is -2.43. The van der Waals surface area contributed by atoms with Crippen molar-refractivity contribution in [2.45, 2.75) is 17.7 Å². The number of halogens is 1. The summed E-state index contributed by atoms with van der Waals surface area (Å²) in [7, 11) is -0.457. The van der Waals surface area contributed by atoms with E-state index in [1.807, 2.05) is 0 Å². The first-order valence-corrected chi connectivity index (χ1v) is 11.9. The van der Waals surface area contributed by atoms with Gasteiger partial charge in [0, 0.05) is 35.1 Å². The van der Waals surface area contributed by atoms with Gasteiger partial charge in [0.05, 0.1) is 25.3 Å². The number of rotatable bonds is 7. The van der Waals surface area contributed by atoms with Gasteiger partial charge in [-0.1, -0.05) is 15.9 Å². The molecule has 1 fully saturated rings. The molecule has 1 aliphatic heterocycles. The molecule has 1 N–H and O–H groups in total. The molecule has 10 heteroatoms. The number of sulfonamides is 1. The van der Waals surface area contributed by atoms with E-state index in [0.29, 0.717) is 29.9 Å². The van der Waals surface area contributed by atoms with E-state index in [1.165, 1.54) is 10.5 Å². The molecule has 2 aromatic rings. The van der Waals surface area contributed by atoms with Gasteiger partial charge in [-0.25, -0.2) is 13.8 Å². The number of hydrogen-bond acceptors (Lipinski definition) is 6. The summed E-state index contributed by atoms with van der Waals surface area (Å²) < 4.78 is 38.2. The zero-order chi connectivity index (χ0) is 22.4. The summed E-state index contributed by atoms with van der Waals surface area (Å²) >= 11 is 3.30. The summed E-state index contributed by atoms with van der Waals surface area (Å²) in [5.41, 5.74) is 3.24. The smallest absolute Gasteiger partial charge is 0.243 e. The van der Waals surface area contributed by atoms with Crippen LogP contribution in [0.1, 0.15) is 18.4 Å². The average Bonchev–Trinajstić information content (AvgIpc) is 2.79. The van der Waals surface area contributed by atoms with Crippen molar-refractivity contribution in [1.82, 2.24) is 9.73 Å². The molecule has 0 aromatic heterocycles. The van der Waals surface area contributed by atoms with Crippen molar-refractivity contribution in [2.75, 3.05) is 27.3 Å². The lowest BCUT2D eigenvalue weighted by atomic mass is 9.98. The van der Waals surface area contributed by atoms with E-state index in [4.69, 9.17) is 9.47 Å². The number of hydrazone groups is 1. The van der Waals surface area contributed by atoms with Crippen LogP contribution in [0.25, 0.3) is 0 Å². The second-order valence-electron chi connectivity index (χ2n) is 6.97. The molecule has 0 atom stereocenters. The summed E-state index contributed by atoms with van der Waals surface area (Å²) in [6.45, 7) is 0.568. The minimum absolute atomic E-state index is 0.232. The standard InChI is InChI=1S/C21H24BrN3O5S/c1-29-18-6-3-16(20(13-18)30-2)14-23-24-21(26)15-9-11-25(12-10-15)31(27,28)19-7-4-17(22)5-8-19/h3-8,13-15H,9-12H2,1-2H3,(H,24,26)/b23-14-. The van der Waals surface area contributed by atoms with Crippen molar-refractivity contribution in [3.8, 4) is 11.5 Å². The monoisotopic (exact) mass is 509 g/mol. The van der Waals surface area contributed by atoms with Crippen LogP contribution in [0, 0.1) is 5.92 Å². The van der Waals surface area contributed by atoms with Crippen molar-refractivity contribution in [3.63, 3.8) is 0 Å². The van der Waals surface area contributed by atoms with E-state index in [-0.39, 0.29) is 29.8 Å². The van der Waals surface area contributed by atoms with E-state index in [1.54, 1.807) is 56.7 Å². The highest BCUT2D eigenvalue weighted by Gasteiger charge is 2.32. The van der Waals surface area contributed by atoms with E-state index < -0.39 is 10.0 Å². The summed E-state index contributed by atoms with van der Waals surface area (Å²) in [5.74, 6) is 0.697. The van der Waals surface area contributed by atoms with E-state index >= 15 is 0 Å². The van der Waals surface area contributed by atoms with Crippen LogP contribution in [0.15, 0.2) is 56.9 Å². The van der Waals surface area contributed by atoms with Crippen molar-refractivity contribution in [3.05, 3.63) is 52.5 Å². The van der Waals surface area contributed by atoms with Crippen molar-refractivity contribution >= 4 is 38.1 Å². The van der Waals surface area contributed by atoms with Crippen LogP contribution in [0.3, 0.4) is 0 Å². The highest BCUT2D eigenvalue weighted by molar-refractivity contribution is 9.10. The number of piperidine rings is 1. The maximum absolute atomic E-state index is 12.8. The number of nitrogens with one attached hydrogen (secondary N) is 1. The van der Waals surface area contributed by atoms with Crippen molar-refractivity contribution < 1.29 is 22.7 Å². The van der Waals surface area contributed by atoms with E-state index in [9.17, 15) is 13.2 Å². The number of ether oxygens (including phenoxy) is 2. The van der Waals surface area contributed by atoms with Crippen molar-refractivity contribution in [2.24, 2.45) is 11.0 Å². The Morgan fingerprint density at radius 1 is 1.13 bits per heavy atom. The predicted molar refractivity (Wildman–Crippen MR) is 121 cm³/mol. The summed E-state index contributed by atoms with van der Waals surface area (Å²) in [5, 5.41) is 4.02. The highest BCUT2D eigenvalue weighted by atomic mass is 79.9. The molecule has 0 radical (unpaired) electrons. The number of nitrogens with zero attached hydrogens (tertiary/aromatic N) is 2. The molecule has 1 amide bonds. The Bertz CT molecular complexity index is 1050. The Morgan fingerprint density at radius 2 is 1.81 bits per heavy atom. The zero-order valence-corrected chi connectivity index (χ0v) is 19.6. The second kappa shape index (κ2) is 10.3. The van der Waals surface area contributed by atoms with E-state index in [2.05, 4.69) is 26.5 Å². The van der Waals surface area contributed by atoms with Crippen LogP contribution < -0.4 is 14.9 Å². The molecule has 0 spiro atoms. The maximum atomic E-state index is 12.8. The average molecular weight is 510 g/mol. The molecular formula is C21H24BrN3O5S. The Labute approximate surface area is 190 Å². The van der Waals surface area contributed by atoms with Gasteiger partial charge in [-0.2, -0.15) is 9.41 Å². The Kier molecular flexibility index (Phi) is 7.69. The normalized spacial score (nSPS) is 15.7. The lowest BCUT2D eigenvalue weighted by Gasteiger charge is -2.30. The minimum atomic E-state index is -3.57. The largest absolute Gasteiger partial charge is 0.497 e. The summed E-state index contributed by atoms with van der Waals surface area (Å²) in [6, 6.07) is 11.8. The van der Waals surface area contributed by atoms with Crippen LogP contribution in [0.2, 0.25) is 0 Å². The second-order valence-corrected chi connectivity index (χ2v) is 9.83. The van der Waals surface area contributed by atoms with Gasteiger partial charge in [0.15, 0.2) is 0 Å². The fraction of sp³-hybridized carbons (Fsp3) is 0.333. The Balaban J connectivity index is 1.56. The summed E-state index contributed by atoms with van der Waals surface area (Å²) in [6.07, 6.45) is 2.37.